The molecule has 4 rings (SSSR count). The number of nitrogens with one attached hydrogen (secondary N) is 1. The van der Waals surface area contributed by atoms with E-state index < -0.39 is 5.82 Å². The number of hydrogen-bond donors (Lipinski definition) is 1. The predicted octanol–water partition coefficient (Wildman–Crippen LogP) is 6.13. The molecule has 0 fully saturated rings. The summed E-state index contributed by atoms with van der Waals surface area (Å²) in [5.41, 5.74) is 2.40. The molecule has 1 aliphatic rings. The number of halogens is 2. The van der Waals surface area contributed by atoms with Crippen LogP contribution in [0.3, 0.4) is 0 Å². The van der Waals surface area contributed by atoms with Crippen molar-refractivity contribution in [2.45, 2.75) is 32.5 Å². The molecule has 3 aromatic rings. The van der Waals surface area contributed by atoms with E-state index in [0.717, 1.165) is 23.3 Å². The van der Waals surface area contributed by atoms with Gasteiger partial charge < -0.3 is 14.8 Å². The molecule has 0 aromatic heterocycles. The maximum atomic E-state index is 13.9. The van der Waals surface area contributed by atoms with E-state index in [-0.39, 0.29) is 17.2 Å². The third-order valence-electron chi connectivity index (χ3n) is 4.84. The van der Waals surface area contributed by atoms with Crippen molar-refractivity contribution in [2.24, 2.45) is 0 Å². The number of rotatable bonds is 5. The average Bonchev–Trinajstić information content (AvgIpc) is 3.03. The van der Waals surface area contributed by atoms with E-state index in [0.29, 0.717) is 22.4 Å². The van der Waals surface area contributed by atoms with Crippen LogP contribution in [0.1, 0.15) is 35.3 Å². The van der Waals surface area contributed by atoms with Crippen LogP contribution in [-0.2, 0) is 13.0 Å². The summed E-state index contributed by atoms with van der Waals surface area (Å²) in [7, 11) is 0. The maximum Gasteiger partial charge on any atom is 0.255 e. The Hall–Kier alpha value is -2.86. The lowest BCUT2D eigenvalue weighted by molar-refractivity contribution is 0.102. The molecule has 30 heavy (non-hydrogen) atoms. The number of fused-ring (bicyclic) bond motifs is 1. The van der Waals surface area contributed by atoms with E-state index in [1.165, 1.54) is 12.1 Å². The van der Waals surface area contributed by atoms with Crippen molar-refractivity contribution in [2.75, 3.05) is 5.32 Å². The summed E-state index contributed by atoms with van der Waals surface area (Å²) in [6.07, 6.45) is 0.850. The first-order chi connectivity index (χ1) is 14.3. The SMILES string of the molecule is CC1(C)Cc2cccc(OCc3ccc(C(=O)Nc4ccc(Br)cc4F)cc3)c2O1. The summed E-state index contributed by atoms with van der Waals surface area (Å²) in [5, 5.41) is 2.58. The Balaban J connectivity index is 1.40. The number of benzene rings is 3. The number of carbonyl (C=O) groups is 1. The van der Waals surface area contributed by atoms with E-state index in [2.05, 4.69) is 41.2 Å². The van der Waals surface area contributed by atoms with Crippen molar-refractivity contribution < 1.29 is 18.7 Å². The van der Waals surface area contributed by atoms with E-state index in [1.54, 1.807) is 18.2 Å². The van der Waals surface area contributed by atoms with E-state index in [1.807, 2.05) is 24.3 Å². The van der Waals surface area contributed by atoms with Crippen molar-refractivity contribution in [3.05, 3.63) is 87.6 Å². The molecule has 1 N–H and O–H groups in total. The molecular formula is C24H21BrFNO3. The van der Waals surface area contributed by atoms with Crippen LogP contribution in [0.15, 0.2) is 65.1 Å². The number of anilines is 1. The van der Waals surface area contributed by atoms with Crippen LogP contribution in [-0.4, -0.2) is 11.5 Å². The quantitative estimate of drug-likeness (QED) is 0.488. The number of ether oxygens (including phenoxy) is 2. The van der Waals surface area contributed by atoms with Crippen LogP contribution in [0.25, 0.3) is 0 Å². The van der Waals surface area contributed by atoms with Gasteiger partial charge in [0.15, 0.2) is 11.5 Å². The van der Waals surface area contributed by atoms with Gasteiger partial charge >= 0.3 is 0 Å². The zero-order chi connectivity index (χ0) is 21.3. The Morgan fingerprint density at radius 3 is 2.67 bits per heavy atom. The molecule has 0 unspecified atom stereocenters. The van der Waals surface area contributed by atoms with Crippen LogP contribution in [0.2, 0.25) is 0 Å². The lowest BCUT2D eigenvalue weighted by Crippen LogP contribution is -2.24. The van der Waals surface area contributed by atoms with Crippen LogP contribution >= 0.6 is 15.9 Å². The highest BCUT2D eigenvalue weighted by Crippen LogP contribution is 2.41. The Bertz CT molecular complexity index is 1100. The Morgan fingerprint density at radius 2 is 1.93 bits per heavy atom. The van der Waals surface area contributed by atoms with Gasteiger partial charge in [-0.25, -0.2) is 4.39 Å². The van der Waals surface area contributed by atoms with Gasteiger partial charge in [-0.1, -0.05) is 40.2 Å². The summed E-state index contributed by atoms with van der Waals surface area (Å²) in [6.45, 7) is 4.46. The Labute approximate surface area is 183 Å². The minimum atomic E-state index is -0.497. The Morgan fingerprint density at radius 1 is 1.17 bits per heavy atom. The van der Waals surface area contributed by atoms with Crippen molar-refractivity contribution in [1.82, 2.24) is 0 Å². The summed E-state index contributed by atoms with van der Waals surface area (Å²) < 4.78 is 26.5. The first kappa shape index (κ1) is 20.4. The highest BCUT2D eigenvalue weighted by molar-refractivity contribution is 9.10. The fourth-order valence-corrected chi connectivity index (χ4v) is 3.73. The van der Waals surface area contributed by atoms with Gasteiger partial charge in [0.25, 0.3) is 5.91 Å². The number of hydrogen-bond acceptors (Lipinski definition) is 3. The molecule has 0 saturated carbocycles. The normalized spacial score (nSPS) is 14.0. The van der Waals surface area contributed by atoms with Gasteiger partial charge in [0.05, 0.1) is 5.69 Å². The highest BCUT2D eigenvalue weighted by Gasteiger charge is 2.32. The summed E-state index contributed by atoms with van der Waals surface area (Å²) >= 11 is 3.20. The average molecular weight is 470 g/mol. The molecule has 1 aliphatic heterocycles. The summed E-state index contributed by atoms with van der Waals surface area (Å²) in [6, 6.07) is 17.4. The fraction of sp³-hybridized carbons (Fsp3) is 0.208. The molecule has 1 amide bonds. The fourth-order valence-electron chi connectivity index (χ4n) is 3.40. The molecule has 6 heteroatoms. The van der Waals surface area contributed by atoms with Gasteiger partial charge in [0, 0.05) is 22.0 Å². The largest absolute Gasteiger partial charge is 0.485 e. The molecule has 0 saturated heterocycles. The van der Waals surface area contributed by atoms with Crippen molar-refractivity contribution in [3.8, 4) is 11.5 Å². The smallest absolute Gasteiger partial charge is 0.255 e. The van der Waals surface area contributed by atoms with Crippen LogP contribution in [0.4, 0.5) is 10.1 Å². The van der Waals surface area contributed by atoms with Gasteiger partial charge in [-0.15, -0.1) is 0 Å². The summed E-state index contributed by atoms with van der Waals surface area (Å²) in [4.78, 5) is 12.4. The number of amides is 1. The standard InChI is InChI=1S/C24H21BrFNO3/c1-24(2)13-17-4-3-5-21(22(17)30-24)29-14-15-6-8-16(9-7-15)23(28)27-20-11-10-18(25)12-19(20)26/h3-12H,13-14H2,1-2H3,(H,27,28). The van der Waals surface area contributed by atoms with Crippen molar-refractivity contribution in [1.29, 1.82) is 0 Å². The lowest BCUT2D eigenvalue weighted by Gasteiger charge is -2.18. The molecule has 4 nitrogen and oxygen atoms in total. The second-order valence-electron chi connectivity index (χ2n) is 7.85. The molecule has 154 valence electrons. The zero-order valence-electron chi connectivity index (χ0n) is 16.7. The van der Waals surface area contributed by atoms with E-state index >= 15 is 0 Å². The van der Waals surface area contributed by atoms with Crippen molar-refractivity contribution >= 4 is 27.5 Å². The van der Waals surface area contributed by atoms with Gasteiger partial charge in [-0.2, -0.15) is 0 Å². The van der Waals surface area contributed by atoms with Gasteiger partial charge in [-0.05, 0) is 55.8 Å². The predicted molar refractivity (Wildman–Crippen MR) is 118 cm³/mol. The highest BCUT2D eigenvalue weighted by atomic mass is 79.9. The molecule has 0 radical (unpaired) electrons. The molecular weight excluding hydrogens is 449 g/mol. The van der Waals surface area contributed by atoms with Crippen LogP contribution in [0, 0.1) is 5.82 Å². The third kappa shape index (κ3) is 4.49. The monoisotopic (exact) mass is 469 g/mol. The number of carbonyl (C=O) groups excluding carboxylic acids is 1. The molecule has 0 spiro atoms. The molecule has 0 aliphatic carbocycles. The number of para-hydroxylation sites is 1. The molecule has 0 atom stereocenters. The van der Waals surface area contributed by atoms with Gasteiger partial charge in [0.2, 0.25) is 0 Å². The minimum Gasteiger partial charge on any atom is -0.485 e. The molecule has 0 bridgehead atoms. The maximum absolute atomic E-state index is 13.9. The molecule has 1 heterocycles. The van der Waals surface area contributed by atoms with Gasteiger partial charge in [-0.3, -0.25) is 4.79 Å². The first-order valence-corrected chi connectivity index (χ1v) is 10.4. The molecule has 3 aromatic carbocycles. The minimum absolute atomic E-state index is 0.136. The van der Waals surface area contributed by atoms with Crippen molar-refractivity contribution in [3.63, 3.8) is 0 Å². The summed E-state index contributed by atoms with van der Waals surface area (Å²) in [5.74, 6) is 0.643. The van der Waals surface area contributed by atoms with E-state index in [9.17, 15) is 9.18 Å². The third-order valence-corrected chi connectivity index (χ3v) is 5.34. The Kier molecular flexibility index (Phi) is 5.52. The lowest BCUT2D eigenvalue weighted by atomic mass is 10.0. The second kappa shape index (κ2) is 8.11. The van der Waals surface area contributed by atoms with Gasteiger partial charge in [0.1, 0.15) is 18.0 Å². The van der Waals surface area contributed by atoms with Crippen LogP contribution in [0.5, 0.6) is 11.5 Å². The zero-order valence-corrected chi connectivity index (χ0v) is 18.3. The first-order valence-electron chi connectivity index (χ1n) is 9.60. The van der Waals surface area contributed by atoms with E-state index in [4.69, 9.17) is 9.47 Å². The topological polar surface area (TPSA) is 47.6 Å². The van der Waals surface area contributed by atoms with Crippen LogP contribution < -0.4 is 14.8 Å². The second-order valence-corrected chi connectivity index (χ2v) is 8.76.